The molecule has 2 nitrogen and oxygen atoms in total. The van der Waals surface area contributed by atoms with Gasteiger partial charge in [-0.15, -0.1) is 0 Å². The molecule has 0 unspecified atom stereocenters. The normalized spacial score (nSPS) is 11.1. The van der Waals surface area contributed by atoms with Crippen LogP contribution in [0, 0.1) is 0 Å². The lowest BCUT2D eigenvalue weighted by Crippen LogP contribution is -2.01. The molecule has 0 bridgehead atoms. The smallest absolute Gasteiger partial charge is 0.157 e. The van der Waals surface area contributed by atoms with E-state index in [1.807, 2.05) is 41.6 Å². The van der Waals surface area contributed by atoms with Gasteiger partial charge >= 0.3 is 0 Å². The van der Waals surface area contributed by atoms with E-state index in [-0.39, 0.29) is 0 Å². The summed E-state index contributed by atoms with van der Waals surface area (Å²) in [6.07, 6.45) is 2.58. The maximum absolute atomic E-state index is 9.94. The number of carbonyl (C=O) groups is 1. The quantitative estimate of drug-likeness (QED) is 0.397. The zero-order valence-corrected chi connectivity index (χ0v) is 7.05. The zero-order chi connectivity index (χ0) is 6.57. The minimum Gasteiger partial charge on any atom is -0.383 e. The fourth-order valence-electron chi connectivity index (χ4n) is 0.277. The van der Waals surface area contributed by atoms with Gasteiger partial charge in [-0.25, -0.2) is 0 Å². The lowest BCUT2D eigenvalue weighted by atomic mass is 10.6. The molecular formula is C5H8INO. The molecule has 0 aromatic rings. The molecule has 0 aliphatic carbocycles. The molecule has 0 saturated carbocycles. The Morgan fingerprint density at radius 2 is 2.12 bits per heavy atom. The van der Waals surface area contributed by atoms with Gasteiger partial charge in [0.15, 0.2) is 6.29 Å². The van der Waals surface area contributed by atoms with E-state index in [9.17, 15) is 4.79 Å². The Morgan fingerprint density at radius 1 is 1.62 bits per heavy atom. The van der Waals surface area contributed by atoms with Gasteiger partial charge in [-0.2, -0.15) is 0 Å². The number of hydrogen-bond donors (Lipinski definition) is 0. The van der Waals surface area contributed by atoms with Gasteiger partial charge in [-0.3, -0.25) is 4.79 Å². The summed E-state index contributed by atoms with van der Waals surface area (Å²) in [7, 11) is 3.75. The lowest BCUT2D eigenvalue weighted by molar-refractivity contribution is -0.104. The van der Waals surface area contributed by atoms with Crippen LogP contribution in [0.25, 0.3) is 0 Å². The summed E-state index contributed by atoms with van der Waals surface area (Å²) < 4.78 is 0.715. The first-order valence-electron chi connectivity index (χ1n) is 2.15. The maximum atomic E-state index is 9.94. The number of nitrogens with zero attached hydrogens (tertiary/aromatic N) is 1. The predicted octanol–water partition coefficient (Wildman–Crippen LogP) is 1.02. The van der Waals surface area contributed by atoms with Crippen LogP contribution < -0.4 is 0 Å². The van der Waals surface area contributed by atoms with Crippen molar-refractivity contribution in [1.29, 1.82) is 0 Å². The Balaban J connectivity index is 3.74. The largest absolute Gasteiger partial charge is 0.383 e. The van der Waals surface area contributed by atoms with Crippen LogP contribution in [-0.4, -0.2) is 25.3 Å². The average Bonchev–Trinajstić information content (AvgIpc) is 1.65. The van der Waals surface area contributed by atoms with E-state index in [1.165, 1.54) is 0 Å². The monoisotopic (exact) mass is 225 g/mol. The molecule has 8 heavy (non-hydrogen) atoms. The Morgan fingerprint density at radius 3 is 2.25 bits per heavy atom. The summed E-state index contributed by atoms with van der Waals surface area (Å²) in [6.45, 7) is 0. The molecule has 0 aliphatic heterocycles. The van der Waals surface area contributed by atoms with E-state index in [4.69, 9.17) is 0 Å². The first-order valence-corrected chi connectivity index (χ1v) is 3.23. The predicted molar refractivity (Wildman–Crippen MR) is 41.9 cm³/mol. The van der Waals surface area contributed by atoms with Gasteiger partial charge in [-0.1, -0.05) is 0 Å². The second-order valence-electron chi connectivity index (χ2n) is 1.60. The Bertz CT molecular complexity index is 109. The minimum absolute atomic E-state index is 0.715. The molecule has 0 N–H and O–H groups in total. The van der Waals surface area contributed by atoms with Gasteiger partial charge in [0.25, 0.3) is 0 Å². The zero-order valence-electron chi connectivity index (χ0n) is 4.89. The minimum atomic E-state index is 0.715. The SMILES string of the molecule is CN(C)/C=C(\I)C=O. The van der Waals surface area contributed by atoms with Crippen molar-refractivity contribution in [2.75, 3.05) is 14.1 Å². The van der Waals surface area contributed by atoms with Crippen molar-refractivity contribution < 1.29 is 4.79 Å². The lowest BCUT2D eigenvalue weighted by Gasteiger charge is -2.01. The first-order chi connectivity index (χ1) is 3.66. The van der Waals surface area contributed by atoms with E-state index in [0.717, 1.165) is 6.29 Å². The van der Waals surface area contributed by atoms with Gasteiger partial charge in [0.2, 0.25) is 0 Å². The molecule has 0 saturated heterocycles. The summed E-state index contributed by atoms with van der Waals surface area (Å²) in [5.41, 5.74) is 0. The van der Waals surface area contributed by atoms with Gasteiger partial charge in [0.05, 0.1) is 3.58 Å². The van der Waals surface area contributed by atoms with Crippen molar-refractivity contribution in [3.63, 3.8) is 0 Å². The molecule has 46 valence electrons. The number of allylic oxidation sites excluding steroid dienone is 1. The second kappa shape index (κ2) is 3.88. The fourth-order valence-corrected chi connectivity index (χ4v) is 0.834. The highest BCUT2D eigenvalue weighted by molar-refractivity contribution is 14.1. The molecule has 3 heteroatoms. The summed E-state index contributed by atoms with van der Waals surface area (Å²) in [6, 6.07) is 0. The second-order valence-corrected chi connectivity index (χ2v) is 2.84. The van der Waals surface area contributed by atoms with E-state index >= 15 is 0 Å². The molecule has 0 aromatic carbocycles. The van der Waals surface area contributed by atoms with Gasteiger partial charge < -0.3 is 4.90 Å². The van der Waals surface area contributed by atoms with Crippen LogP contribution in [0.1, 0.15) is 0 Å². The van der Waals surface area contributed by atoms with Crippen molar-refractivity contribution in [3.8, 4) is 0 Å². The number of rotatable bonds is 2. The van der Waals surface area contributed by atoms with Crippen molar-refractivity contribution in [1.82, 2.24) is 4.90 Å². The highest BCUT2D eigenvalue weighted by Gasteiger charge is 1.84. The highest BCUT2D eigenvalue weighted by Crippen LogP contribution is 2.00. The third-order valence-corrected chi connectivity index (χ3v) is 1.03. The van der Waals surface area contributed by atoms with Crippen molar-refractivity contribution in [2.45, 2.75) is 0 Å². The molecular weight excluding hydrogens is 217 g/mol. The molecule has 0 amide bonds. The number of carbonyl (C=O) groups excluding carboxylic acids is 1. The van der Waals surface area contributed by atoms with Crippen molar-refractivity contribution in [2.24, 2.45) is 0 Å². The summed E-state index contributed by atoms with van der Waals surface area (Å²) in [5.74, 6) is 0. The van der Waals surface area contributed by atoms with Crippen molar-refractivity contribution >= 4 is 28.9 Å². The number of halogens is 1. The van der Waals surface area contributed by atoms with E-state index in [1.54, 1.807) is 6.20 Å². The van der Waals surface area contributed by atoms with Crippen LogP contribution in [0.2, 0.25) is 0 Å². The van der Waals surface area contributed by atoms with Crippen LogP contribution in [0.4, 0.5) is 0 Å². The molecule has 0 aliphatic rings. The summed E-state index contributed by atoms with van der Waals surface area (Å²) in [5, 5.41) is 0. The molecule has 0 heterocycles. The first kappa shape index (κ1) is 7.94. The third kappa shape index (κ3) is 4.11. The molecule has 0 rings (SSSR count). The standard InChI is InChI=1S/C5H8INO/c1-7(2)3-5(6)4-8/h3-4H,1-2H3/b5-3-. The van der Waals surface area contributed by atoms with Gasteiger partial charge in [0.1, 0.15) is 0 Å². The topological polar surface area (TPSA) is 20.3 Å². The van der Waals surface area contributed by atoms with E-state index < -0.39 is 0 Å². The van der Waals surface area contributed by atoms with Crippen molar-refractivity contribution in [3.05, 3.63) is 9.78 Å². The fraction of sp³-hybridized carbons (Fsp3) is 0.400. The van der Waals surface area contributed by atoms with E-state index in [0.29, 0.717) is 3.58 Å². The molecule has 0 fully saturated rings. The molecule has 0 spiro atoms. The summed E-state index contributed by atoms with van der Waals surface area (Å²) in [4.78, 5) is 11.8. The third-order valence-electron chi connectivity index (χ3n) is 0.494. The average molecular weight is 225 g/mol. The molecule has 0 atom stereocenters. The number of hydrogen-bond acceptors (Lipinski definition) is 2. The van der Waals surface area contributed by atoms with Crippen LogP contribution in [0.15, 0.2) is 9.78 Å². The van der Waals surface area contributed by atoms with Gasteiger partial charge in [0, 0.05) is 20.3 Å². The maximum Gasteiger partial charge on any atom is 0.157 e. The highest BCUT2D eigenvalue weighted by atomic mass is 127. The summed E-state index contributed by atoms with van der Waals surface area (Å²) >= 11 is 1.97. The van der Waals surface area contributed by atoms with E-state index in [2.05, 4.69) is 0 Å². The number of aldehydes is 1. The Kier molecular flexibility index (Phi) is 3.85. The van der Waals surface area contributed by atoms with Crippen LogP contribution in [-0.2, 0) is 4.79 Å². The molecule has 0 radical (unpaired) electrons. The van der Waals surface area contributed by atoms with Crippen LogP contribution in [0.3, 0.4) is 0 Å². The van der Waals surface area contributed by atoms with Crippen LogP contribution >= 0.6 is 22.6 Å². The van der Waals surface area contributed by atoms with Gasteiger partial charge in [-0.05, 0) is 22.6 Å². The Labute approximate surface area is 62.7 Å². The Hall–Kier alpha value is -0.0600. The molecule has 0 aromatic heterocycles. The van der Waals surface area contributed by atoms with Crippen LogP contribution in [0.5, 0.6) is 0 Å².